The average Bonchev–Trinajstić information content (AvgIpc) is 3.37. The number of carboxylic acids is 1. The van der Waals surface area contributed by atoms with Crippen LogP contribution in [0.4, 0.5) is 23.7 Å². The van der Waals surface area contributed by atoms with Crippen molar-refractivity contribution in [1.29, 1.82) is 0 Å². The lowest BCUT2D eigenvalue weighted by Crippen LogP contribution is -2.20. The molecule has 1 fully saturated rings. The summed E-state index contributed by atoms with van der Waals surface area (Å²) in [5.41, 5.74) is 0.156. The Hall–Kier alpha value is -3.74. The lowest BCUT2D eigenvalue weighted by Gasteiger charge is -2.17. The number of carbonyl (C=O) groups is 2. The fourth-order valence-electron chi connectivity index (χ4n) is 4.89. The first-order valence-electron chi connectivity index (χ1n) is 12.9. The molecule has 0 aliphatic heterocycles. The molecule has 1 saturated carbocycles. The van der Waals surface area contributed by atoms with Gasteiger partial charge in [-0.1, -0.05) is 42.5 Å². The van der Waals surface area contributed by atoms with Crippen LogP contribution in [0.15, 0.2) is 60.7 Å². The molecule has 3 heterocycles. The third-order valence-corrected chi connectivity index (χ3v) is 10.8. The number of rotatable bonds is 7. The van der Waals surface area contributed by atoms with E-state index in [2.05, 4.69) is 9.69 Å². The minimum Gasteiger partial charge on any atom is -0.481 e. The topological polar surface area (TPSA) is 88.5 Å². The van der Waals surface area contributed by atoms with Crippen molar-refractivity contribution < 1.29 is 32.6 Å². The highest BCUT2D eigenvalue weighted by atomic mass is 32.1. The third-order valence-electron chi connectivity index (χ3n) is 7.38. The number of thiophene rings is 2. The summed E-state index contributed by atoms with van der Waals surface area (Å²) in [4.78, 5) is 26.4. The van der Waals surface area contributed by atoms with Crippen LogP contribution in [0.25, 0.3) is 29.6 Å². The first-order valence-corrected chi connectivity index (χ1v) is 15.3. The molecule has 0 saturated heterocycles. The summed E-state index contributed by atoms with van der Waals surface area (Å²) in [6, 6.07) is 16.8. The number of aliphatic carboxylic acids is 1. The number of carbonyl (C=O) groups excluding carboxylic acids is 1. The Morgan fingerprint density at radius 2 is 1.69 bits per heavy atom. The van der Waals surface area contributed by atoms with Gasteiger partial charge < -0.3 is 9.84 Å². The Kier molecular flexibility index (Phi) is 7.11. The largest absolute Gasteiger partial charge is 0.481 e. The van der Waals surface area contributed by atoms with Gasteiger partial charge in [0.1, 0.15) is 6.10 Å². The number of halogens is 3. The number of amides is 1. The number of anilines is 1. The lowest BCUT2D eigenvalue weighted by atomic mass is 9.92. The first-order chi connectivity index (χ1) is 20.0. The molecule has 1 amide bonds. The molecule has 42 heavy (non-hydrogen) atoms. The standard InChI is InChI=1S/C30H23F3N2O4S3/c1-15-25(34-28(38)39-16(2)17-6-4-3-5-7-17)26(42-35-15)24-14-23-22(41-24)13-21(40-23)19-9-8-18(12-20(19)30(31,32)33)29(10-11-29)27(36)37/h3-9,12-14,16H,10-11H2,1-2H3,(H,34,38)(H,36,37)/t16-/m1/s1. The summed E-state index contributed by atoms with van der Waals surface area (Å²) in [6.07, 6.45) is -5.06. The van der Waals surface area contributed by atoms with Crippen LogP contribution in [0.3, 0.4) is 0 Å². The Labute approximate surface area is 250 Å². The average molecular weight is 629 g/mol. The van der Waals surface area contributed by atoms with Crippen LogP contribution in [0.5, 0.6) is 0 Å². The van der Waals surface area contributed by atoms with Gasteiger partial charge in [0, 0.05) is 19.8 Å². The van der Waals surface area contributed by atoms with E-state index in [1.807, 2.05) is 36.4 Å². The van der Waals surface area contributed by atoms with Crippen LogP contribution in [-0.2, 0) is 21.1 Å². The van der Waals surface area contributed by atoms with E-state index < -0.39 is 35.3 Å². The van der Waals surface area contributed by atoms with Crippen molar-refractivity contribution in [3.63, 3.8) is 0 Å². The molecule has 6 nitrogen and oxygen atoms in total. The van der Waals surface area contributed by atoms with Gasteiger partial charge in [-0.2, -0.15) is 17.5 Å². The smallest absolute Gasteiger partial charge is 0.417 e. The summed E-state index contributed by atoms with van der Waals surface area (Å²) in [6.45, 7) is 3.57. The molecule has 0 spiro atoms. The molecule has 2 aromatic carbocycles. The Morgan fingerprint density at radius 1 is 1.02 bits per heavy atom. The number of nitrogens with one attached hydrogen (secondary N) is 1. The number of alkyl halides is 3. The molecule has 1 aliphatic carbocycles. The van der Waals surface area contributed by atoms with Crippen molar-refractivity contribution in [2.75, 3.05) is 5.32 Å². The van der Waals surface area contributed by atoms with Gasteiger partial charge in [0.15, 0.2) is 0 Å². The van der Waals surface area contributed by atoms with Crippen LogP contribution in [0, 0.1) is 6.92 Å². The van der Waals surface area contributed by atoms with E-state index in [9.17, 15) is 27.9 Å². The van der Waals surface area contributed by atoms with Gasteiger partial charge in [0.2, 0.25) is 0 Å². The van der Waals surface area contributed by atoms with E-state index in [4.69, 9.17) is 4.74 Å². The summed E-state index contributed by atoms with van der Waals surface area (Å²) in [5.74, 6) is -1.10. The van der Waals surface area contributed by atoms with Gasteiger partial charge in [0.05, 0.1) is 32.1 Å². The summed E-state index contributed by atoms with van der Waals surface area (Å²) in [5, 5.41) is 12.4. The molecular weight excluding hydrogens is 606 g/mol. The molecule has 5 aromatic rings. The minimum absolute atomic E-state index is 0.0219. The van der Waals surface area contributed by atoms with Gasteiger partial charge in [-0.25, -0.2) is 4.79 Å². The molecule has 0 bridgehead atoms. The number of aromatic nitrogens is 1. The molecule has 1 atom stereocenters. The predicted molar refractivity (Wildman–Crippen MR) is 159 cm³/mol. The van der Waals surface area contributed by atoms with Gasteiger partial charge >= 0.3 is 18.2 Å². The minimum atomic E-state index is -4.64. The fourth-order valence-corrected chi connectivity index (χ4v) is 8.27. The fraction of sp³-hybridized carbons (Fsp3) is 0.233. The monoisotopic (exact) mass is 628 g/mol. The van der Waals surface area contributed by atoms with E-state index >= 15 is 0 Å². The third kappa shape index (κ3) is 5.18. The maximum absolute atomic E-state index is 14.1. The maximum atomic E-state index is 14.1. The van der Waals surface area contributed by atoms with Crippen LogP contribution >= 0.6 is 34.2 Å². The number of ether oxygens (including phenoxy) is 1. The number of aryl methyl sites for hydroxylation is 1. The second-order valence-corrected chi connectivity index (χ2v) is 13.1. The molecule has 3 aromatic heterocycles. The molecule has 0 unspecified atom stereocenters. The van der Waals surface area contributed by atoms with Crippen LogP contribution < -0.4 is 5.32 Å². The number of nitrogens with zero attached hydrogens (tertiary/aromatic N) is 1. The number of hydrogen-bond acceptors (Lipinski definition) is 7. The summed E-state index contributed by atoms with van der Waals surface area (Å²) >= 11 is 3.85. The van der Waals surface area contributed by atoms with E-state index in [0.717, 1.165) is 30.8 Å². The van der Waals surface area contributed by atoms with Crippen molar-refractivity contribution in [2.45, 2.75) is 44.4 Å². The second-order valence-electron chi connectivity index (χ2n) is 10.2. The maximum Gasteiger partial charge on any atom is 0.417 e. The van der Waals surface area contributed by atoms with E-state index in [1.54, 1.807) is 19.9 Å². The van der Waals surface area contributed by atoms with Crippen LogP contribution in [0.1, 0.15) is 48.3 Å². The first kappa shape index (κ1) is 28.4. The highest BCUT2D eigenvalue weighted by Crippen LogP contribution is 2.52. The second kappa shape index (κ2) is 10.5. The number of fused-ring (bicyclic) bond motifs is 1. The van der Waals surface area contributed by atoms with Gasteiger partial charge in [-0.3, -0.25) is 10.1 Å². The van der Waals surface area contributed by atoms with Gasteiger partial charge in [-0.05, 0) is 67.5 Å². The molecular formula is C30H23F3N2O4S3. The van der Waals surface area contributed by atoms with Crippen molar-refractivity contribution >= 4 is 61.4 Å². The molecule has 0 radical (unpaired) electrons. The van der Waals surface area contributed by atoms with Crippen molar-refractivity contribution in [1.82, 2.24) is 4.37 Å². The summed E-state index contributed by atoms with van der Waals surface area (Å²) in [7, 11) is 0. The van der Waals surface area contributed by atoms with Crippen molar-refractivity contribution in [2.24, 2.45) is 0 Å². The highest BCUT2D eigenvalue weighted by Gasteiger charge is 2.52. The van der Waals surface area contributed by atoms with Crippen LogP contribution in [0.2, 0.25) is 0 Å². The number of carboxylic acid groups (broad SMARTS) is 1. The number of benzene rings is 2. The zero-order valence-electron chi connectivity index (χ0n) is 22.2. The van der Waals surface area contributed by atoms with Crippen molar-refractivity contribution in [3.8, 4) is 20.2 Å². The van der Waals surface area contributed by atoms with E-state index in [1.165, 1.54) is 46.3 Å². The predicted octanol–water partition coefficient (Wildman–Crippen LogP) is 9.51. The van der Waals surface area contributed by atoms with Crippen molar-refractivity contribution in [3.05, 3.63) is 83.0 Å². The number of hydrogen-bond donors (Lipinski definition) is 2. The van der Waals surface area contributed by atoms with Crippen LogP contribution in [-0.4, -0.2) is 21.5 Å². The summed E-state index contributed by atoms with van der Waals surface area (Å²) < 4.78 is 53.9. The Balaban J connectivity index is 1.27. The lowest BCUT2D eigenvalue weighted by molar-refractivity contribution is -0.141. The van der Waals surface area contributed by atoms with E-state index in [-0.39, 0.29) is 11.1 Å². The molecule has 2 N–H and O–H groups in total. The van der Waals surface area contributed by atoms with Gasteiger partial charge in [-0.15, -0.1) is 22.7 Å². The molecule has 6 rings (SSSR count). The quantitative estimate of drug-likeness (QED) is 0.187. The Morgan fingerprint density at radius 3 is 2.33 bits per heavy atom. The molecule has 12 heteroatoms. The zero-order chi connectivity index (χ0) is 29.8. The SMILES string of the molecule is Cc1nsc(-c2cc3sc(-c4ccc(C5(C(=O)O)CC5)cc4C(F)(F)F)cc3s2)c1NC(=O)O[C@H](C)c1ccccc1. The highest BCUT2D eigenvalue weighted by molar-refractivity contribution is 7.32. The zero-order valence-corrected chi connectivity index (χ0v) is 24.7. The molecule has 216 valence electrons. The van der Waals surface area contributed by atoms with E-state index in [0.29, 0.717) is 29.1 Å². The Bertz CT molecular complexity index is 1790. The van der Waals surface area contributed by atoms with Gasteiger partial charge in [0.25, 0.3) is 0 Å². The molecule has 1 aliphatic rings. The normalized spacial score (nSPS) is 15.0.